The summed E-state index contributed by atoms with van der Waals surface area (Å²) in [7, 11) is 0. The number of alkyl halides is 4. The summed E-state index contributed by atoms with van der Waals surface area (Å²) in [4.78, 5) is 3.16. The van der Waals surface area contributed by atoms with Gasteiger partial charge in [-0.25, -0.2) is 4.98 Å². The van der Waals surface area contributed by atoms with Crippen molar-refractivity contribution < 1.29 is 23.4 Å². The van der Waals surface area contributed by atoms with Gasteiger partial charge >= 0.3 is 6.18 Å². The molecule has 2 unspecified atom stereocenters. The third kappa shape index (κ3) is 3.47. The van der Waals surface area contributed by atoms with Gasteiger partial charge in [-0.3, -0.25) is 0 Å². The molecule has 102 valence electrons. The van der Waals surface area contributed by atoms with Crippen molar-refractivity contribution in [3.8, 4) is 0 Å². The molecule has 1 aromatic rings. The van der Waals surface area contributed by atoms with Gasteiger partial charge in [-0.05, 0) is 12.5 Å². The SMILES string of the molecule is Nc1ccc(C(O)C(O)CCCl)c(C(F)(F)F)n1. The molecule has 0 spiro atoms. The standard InChI is InChI=1S/C10H12ClF3N2O2/c11-4-3-6(17)8(18)5-1-2-7(15)16-9(5)10(12,13)14/h1-2,6,8,17-18H,3-4H2,(H2,15,16). The van der Waals surface area contributed by atoms with E-state index < -0.39 is 29.6 Å². The zero-order valence-electron chi connectivity index (χ0n) is 9.15. The van der Waals surface area contributed by atoms with Crippen molar-refractivity contribution in [2.75, 3.05) is 11.6 Å². The number of pyridine rings is 1. The van der Waals surface area contributed by atoms with Gasteiger partial charge in [0.05, 0.1) is 6.10 Å². The topological polar surface area (TPSA) is 79.4 Å². The van der Waals surface area contributed by atoms with Crippen molar-refractivity contribution in [3.05, 3.63) is 23.4 Å². The summed E-state index contributed by atoms with van der Waals surface area (Å²) < 4.78 is 38.1. The summed E-state index contributed by atoms with van der Waals surface area (Å²) in [5.74, 6) is -0.299. The van der Waals surface area contributed by atoms with Crippen LogP contribution in [0, 0.1) is 0 Å². The van der Waals surface area contributed by atoms with E-state index in [-0.39, 0.29) is 18.1 Å². The van der Waals surface area contributed by atoms with Crippen LogP contribution < -0.4 is 5.73 Å². The number of aliphatic hydroxyl groups excluding tert-OH is 2. The van der Waals surface area contributed by atoms with E-state index in [0.29, 0.717) is 0 Å². The Morgan fingerprint density at radius 2 is 1.94 bits per heavy atom. The van der Waals surface area contributed by atoms with Crippen molar-refractivity contribution in [2.24, 2.45) is 0 Å². The number of rotatable bonds is 4. The highest BCUT2D eigenvalue weighted by Crippen LogP contribution is 2.35. The van der Waals surface area contributed by atoms with Crippen LogP contribution in [0.4, 0.5) is 19.0 Å². The predicted octanol–water partition coefficient (Wildman–Crippen LogP) is 1.71. The van der Waals surface area contributed by atoms with Crippen molar-refractivity contribution in [1.29, 1.82) is 0 Å². The largest absolute Gasteiger partial charge is 0.433 e. The van der Waals surface area contributed by atoms with Crippen LogP contribution in [-0.2, 0) is 6.18 Å². The van der Waals surface area contributed by atoms with Crippen molar-refractivity contribution in [2.45, 2.75) is 24.8 Å². The molecule has 1 rings (SSSR count). The molecule has 0 aliphatic carbocycles. The summed E-state index contributed by atoms with van der Waals surface area (Å²) in [5, 5.41) is 19.1. The van der Waals surface area contributed by atoms with E-state index in [2.05, 4.69) is 4.98 Å². The van der Waals surface area contributed by atoms with Gasteiger partial charge in [0.2, 0.25) is 0 Å². The smallest absolute Gasteiger partial charge is 0.390 e. The van der Waals surface area contributed by atoms with Crippen LogP contribution in [0.1, 0.15) is 23.8 Å². The Hall–Kier alpha value is -1.05. The van der Waals surface area contributed by atoms with Gasteiger partial charge in [-0.1, -0.05) is 6.07 Å². The number of aromatic nitrogens is 1. The fourth-order valence-corrected chi connectivity index (χ4v) is 1.65. The Labute approximate surface area is 106 Å². The highest BCUT2D eigenvalue weighted by Gasteiger charge is 2.38. The van der Waals surface area contributed by atoms with Crippen LogP contribution in [0.3, 0.4) is 0 Å². The van der Waals surface area contributed by atoms with Crippen LogP contribution in [0.2, 0.25) is 0 Å². The minimum atomic E-state index is -4.76. The quantitative estimate of drug-likeness (QED) is 0.735. The fourth-order valence-electron chi connectivity index (χ4n) is 1.43. The lowest BCUT2D eigenvalue weighted by Gasteiger charge is -2.20. The first-order valence-corrected chi connectivity index (χ1v) is 5.56. The first kappa shape index (κ1) is 15.0. The molecular formula is C10H12ClF3N2O2. The molecule has 0 amide bonds. The average molecular weight is 285 g/mol. The third-order valence-corrected chi connectivity index (χ3v) is 2.52. The molecule has 4 nitrogen and oxygen atoms in total. The molecule has 1 heterocycles. The molecule has 0 aromatic carbocycles. The number of aliphatic hydroxyl groups is 2. The zero-order chi connectivity index (χ0) is 13.9. The highest BCUT2D eigenvalue weighted by atomic mass is 35.5. The van der Waals surface area contributed by atoms with Gasteiger partial charge in [0.25, 0.3) is 0 Å². The molecule has 4 N–H and O–H groups in total. The molecule has 0 bridgehead atoms. The van der Waals surface area contributed by atoms with E-state index in [1.807, 2.05) is 0 Å². The maximum absolute atomic E-state index is 12.7. The average Bonchev–Trinajstić information content (AvgIpc) is 2.27. The second-order valence-corrected chi connectivity index (χ2v) is 4.04. The normalized spacial score (nSPS) is 15.4. The van der Waals surface area contributed by atoms with Gasteiger partial charge in [0.15, 0.2) is 5.69 Å². The molecule has 1 aromatic heterocycles. The Kier molecular flexibility index (Phi) is 4.78. The lowest BCUT2D eigenvalue weighted by molar-refractivity contribution is -0.143. The second kappa shape index (κ2) is 5.73. The first-order chi connectivity index (χ1) is 8.27. The number of nitrogens with two attached hydrogens (primary N) is 1. The Balaban J connectivity index is 3.15. The molecule has 8 heteroatoms. The van der Waals surface area contributed by atoms with Crippen LogP contribution >= 0.6 is 11.6 Å². The lowest BCUT2D eigenvalue weighted by Crippen LogP contribution is -2.23. The molecule has 0 radical (unpaired) electrons. The van der Waals surface area contributed by atoms with Crippen LogP contribution in [-0.4, -0.2) is 27.2 Å². The third-order valence-electron chi connectivity index (χ3n) is 2.30. The number of hydrogen-bond donors (Lipinski definition) is 3. The van der Waals surface area contributed by atoms with Gasteiger partial charge < -0.3 is 15.9 Å². The minimum absolute atomic E-state index is 0.0159. The predicted molar refractivity (Wildman–Crippen MR) is 60.0 cm³/mol. The molecule has 18 heavy (non-hydrogen) atoms. The summed E-state index contributed by atoms with van der Waals surface area (Å²) in [6.45, 7) is 0. The number of halogens is 4. The monoisotopic (exact) mass is 284 g/mol. The highest BCUT2D eigenvalue weighted by molar-refractivity contribution is 6.17. The van der Waals surface area contributed by atoms with E-state index in [9.17, 15) is 23.4 Å². The Morgan fingerprint density at radius 1 is 1.33 bits per heavy atom. The number of hydrogen-bond acceptors (Lipinski definition) is 4. The molecule has 0 saturated carbocycles. The van der Waals surface area contributed by atoms with Crippen LogP contribution in [0.5, 0.6) is 0 Å². The van der Waals surface area contributed by atoms with E-state index >= 15 is 0 Å². The summed E-state index contributed by atoms with van der Waals surface area (Å²) in [6.07, 6.45) is -7.90. The lowest BCUT2D eigenvalue weighted by atomic mass is 10.0. The van der Waals surface area contributed by atoms with Crippen LogP contribution in [0.25, 0.3) is 0 Å². The molecule has 0 aliphatic heterocycles. The van der Waals surface area contributed by atoms with E-state index in [0.717, 1.165) is 12.1 Å². The molecule has 0 fully saturated rings. The maximum atomic E-state index is 12.7. The molecular weight excluding hydrogens is 273 g/mol. The fraction of sp³-hybridized carbons (Fsp3) is 0.500. The number of anilines is 1. The molecule has 0 saturated heterocycles. The van der Waals surface area contributed by atoms with Crippen molar-refractivity contribution >= 4 is 17.4 Å². The summed E-state index contributed by atoms with van der Waals surface area (Å²) in [5.41, 5.74) is 3.36. The summed E-state index contributed by atoms with van der Waals surface area (Å²) >= 11 is 5.35. The Bertz CT molecular complexity index is 415. The summed E-state index contributed by atoms with van der Waals surface area (Å²) in [6, 6.07) is 2.12. The molecule has 0 aliphatic rings. The second-order valence-electron chi connectivity index (χ2n) is 3.66. The molecule has 2 atom stereocenters. The van der Waals surface area contributed by atoms with E-state index in [1.54, 1.807) is 0 Å². The van der Waals surface area contributed by atoms with Crippen molar-refractivity contribution in [3.63, 3.8) is 0 Å². The van der Waals surface area contributed by atoms with Gasteiger partial charge in [0.1, 0.15) is 11.9 Å². The van der Waals surface area contributed by atoms with Crippen molar-refractivity contribution in [1.82, 2.24) is 4.98 Å². The van der Waals surface area contributed by atoms with E-state index in [1.165, 1.54) is 0 Å². The van der Waals surface area contributed by atoms with Crippen LogP contribution in [0.15, 0.2) is 12.1 Å². The van der Waals surface area contributed by atoms with E-state index in [4.69, 9.17) is 17.3 Å². The van der Waals surface area contributed by atoms with Gasteiger partial charge in [0, 0.05) is 11.4 Å². The first-order valence-electron chi connectivity index (χ1n) is 5.03. The Morgan fingerprint density at radius 3 is 2.44 bits per heavy atom. The van der Waals surface area contributed by atoms with Gasteiger partial charge in [-0.15, -0.1) is 11.6 Å². The number of nitrogens with zero attached hydrogens (tertiary/aromatic N) is 1. The maximum Gasteiger partial charge on any atom is 0.433 e. The number of nitrogen functional groups attached to an aromatic ring is 1. The van der Waals surface area contributed by atoms with Gasteiger partial charge in [-0.2, -0.15) is 13.2 Å². The zero-order valence-corrected chi connectivity index (χ0v) is 9.91. The minimum Gasteiger partial charge on any atom is -0.390 e.